The minimum atomic E-state index is -0.165. The number of hydrogen-bond donors (Lipinski definition) is 2. The Morgan fingerprint density at radius 2 is 2.00 bits per heavy atom. The summed E-state index contributed by atoms with van der Waals surface area (Å²) in [5, 5.41) is 3.48. The van der Waals surface area contributed by atoms with Crippen molar-refractivity contribution in [2.45, 2.75) is 64.0 Å². The van der Waals surface area contributed by atoms with Crippen LogP contribution in [0.25, 0.3) is 0 Å². The smallest absolute Gasteiger partial charge is 0.128 e. The van der Waals surface area contributed by atoms with Gasteiger partial charge in [0.2, 0.25) is 0 Å². The highest BCUT2D eigenvalue weighted by Gasteiger charge is 2.41. The van der Waals surface area contributed by atoms with Gasteiger partial charge >= 0.3 is 0 Å². The number of pyridine rings is 1. The first-order valence-electron chi connectivity index (χ1n) is 8.17. The lowest BCUT2D eigenvalue weighted by molar-refractivity contribution is -0.0767. The number of anilines is 1. The number of hydrogen-bond acceptors (Lipinski definition) is 4. The van der Waals surface area contributed by atoms with E-state index in [1.807, 2.05) is 13.1 Å². The molecular weight excluding hydrogens is 262 g/mol. The lowest BCUT2D eigenvalue weighted by Crippen LogP contribution is -2.45. The van der Waals surface area contributed by atoms with Gasteiger partial charge < -0.3 is 15.8 Å². The van der Waals surface area contributed by atoms with Crippen LogP contribution in [-0.4, -0.2) is 24.2 Å². The highest BCUT2D eigenvalue weighted by atomic mass is 16.5. The van der Waals surface area contributed by atoms with Crippen molar-refractivity contribution in [1.29, 1.82) is 0 Å². The average Bonchev–Trinajstić information content (AvgIpc) is 2.70. The monoisotopic (exact) mass is 291 g/mol. The van der Waals surface area contributed by atoms with Crippen molar-refractivity contribution >= 4 is 5.82 Å². The zero-order valence-corrected chi connectivity index (χ0v) is 13.6. The first kappa shape index (κ1) is 16.2. The molecular formula is C17H29N3O. The Bertz CT molecular complexity index is 433. The van der Waals surface area contributed by atoms with E-state index in [0.717, 1.165) is 25.0 Å². The van der Waals surface area contributed by atoms with Crippen LogP contribution in [0.1, 0.15) is 62.6 Å². The number of nitrogen functional groups attached to an aromatic ring is 1. The summed E-state index contributed by atoms with van der Waals surface area (Å²) in [6, 6.07) is 2.14. The number of nitrogens with two attached hydrogens (primary N) is 1. The van der Waals surface area contributed by atoms with Gasteiger partial charge in [0.25, 0.3) is 0 Å². The third-order valence-corrected chi connectivity index (χ3v) is 4.72. The number of aryl methyl sites for hydroxylation is 1. The Morgan fingerprint density at radius 1 is 1.33 bits per heavy atom. The molecule has 1 aromatic heterocycles. The van der Waals surface area contributed by atoms with E-state index in [4.69, 9.17) is 10.5 Å². The SMILES string of the molecule is CCOC1(C(NC)c2c(C)ccnc2N)CCCCCC1. The predicted octanol–water partition coefficient (Wildman–Crippen LogP) is 3.36. The van der Waals surface area contributed by atoms with Gasteiger partial charge in [-0.15, -0.1) is 0 Å². The first-order valence-corrected chi connectivity index (χ1v) is 8.17. The van der Waals surface area contributed by atoms with Crippen LogP contribution in [0.5, 0.6) is 0 Å². The Hall–Kier alpha value is -1.13. The second kappa shape index (κ2) is 7.23. The van der Waals surface area contributed by atoms with Crippen molar-refractivity contribution < 1.29 is 4.74 Å². The van der Waals surface area contributed by atoms with E-state index in [9.17, 15) is 0 Å². The van der Waals surface area contributed by atoms with Crippen LogP contribution in [0.4, 0.5) is 5.82 Å². The molecule has 4 heteroatoms. The van der Waals surface area contributed by atoms with Crippen LogP contribution >= 0.6 is 0 Å². The Morgan fingerprint density at radius 3 is 2.52 bits per heavy atom. The van der Waals surface area contributed by atoms with Crippen LogP contribution in [0.3, 0.4) is 0 Å². The minimum Gasteiger partial charge on any atom is -0.383 e. The molecule has 0 radical (unpaired) electrons. The van der Waals surface area contributed by atoms with Crippen molar-refractivity contribution in [1.82, 2.24) is 10.3 Å². The number of ether oxygens (including phenoxy) is 1. The fourth-order valence-corrected chi connectivity index (χ4v) is 3.77. The number of rotatable bonds is 5. The summed E-state index contributed by atoms with van der Waals surface area (Å²) >= 11 is 0. The largest absolute Gasteiger partial charge is 0.383 e. The molecule has 21 heavy (non-hydrogen) atoms. The third-order valence-electron chi connectivity index (χ3n) is 4.72. The Balaban J connectivity index is 2.44. The molecule has 0 amide bonds. The van der Waals surface area contributed by atoms with Crippen LogP contribution in [0.2, 0.25) is 0 Å². The summed E-state index contributed by atoms with van der Waals surface area (Å²) in [5.41, 5.74) is 8.32. The quantitative estimate of drug-likeness (QED) is 0.817. The summed E-state index contributed by atoms with van der Waals surface area (Å²) in [6.07, 6.45) is 8.98. The lowest BCUT2D eigenvalue weighted by atomic mass is 9.81. The van der Waals surface area contributed by atoms with Crippen molar-refractivity contribution in [2.75, 3.05) is 19.4 Å². The van der Waals surface area contributed by atoms with E-state index >= 15 is 0 Å². The number of nitrogens with one attached hydrogen (secondary N) is 1. The topological polar surface area (TPSA) is 60.2 Å². The standard InChI is InChI=1S/C17H29N3O/c1-4-21-17(10-7-5-6-8-11-17)15(19-3)14-13(2)9-12-20-16(14)18/h9,12,15,19H,4-8,10-11H2,1-3H3,(H2,18,20). The van der Waals surface area contributed by atoms with Gasteiger partial charge in [-0.1, -0.05) is 25.7 Å². The molecule has 1 unspecified atom stereocenters. The average molecular weight is 291 g/mol. The van der Waals surface area contributed by atoms with E-state index < -0.39 is 0 Å². The number of aromatic nitrogens is 1. The minimum absolute atomic E-state index is 0.101. The molecule has 0 aromatic carbocycles. The maximum atomic E-state index is 6.32. The van der Waals surface area contributed by atoms with Crippen LogP contribution in [0.15, 0.2) is 12.3 Å². The van der Waals surface area contributed by atoms with E-state index in [1.54, 1.807) is 6.20 Å². The maximum absolute atomic E-state index is 6.32. The van der Waals surface area contributed by atoms with Gasteiger partial charge in [0.15, 0.2) is 0 Å². The van der Waals surface area contributed by atoms with E-state index in [-0.39, 0.29) is 11.6 Å². The normalized spacial score (nSPS) is 20.0. The Kier molecular flexibility index (Phi) is 5.59. The van der Waals surface area contributed by atoms with Crippen molar-refractivity contribution in [3.05, 3.63) is 23.4 Å². The second-order valence-corrected chi connectivity index (χ2v) is 6.06. The van der Waals surface area contributed by atoms with Gasteiger partial charge in [0.05, 0.1) is 11.6 Å². The number of nitrogens with zero attached hydrogens (tertiary/aromatic N) is 1. The highest BCUT2D eigenvalue weighted by Crippen LogP contribution is 2.42. The second-order valence-electron chi connectivity index (χ2n) is 6.06. The van der Waals surface area contributed by atoms with Gasteiger partial charge in [-0.05, 0) is 45.4 Å². The van der Waals surface area contributed by atoms with Gasteiger partial charge in [-0.25, -0.2) is 4.98 Å². The van der Waals surface area contributed by atoms with Crippen LogP contribution in [-0.2, 0) is 4.74 Å². The zero-order valence-electron chi connectivity index (χ0n) is 13.6. The van der Waals surface area contributed by atoms with Gasteiger partial charge in [0.1, 0.15) is 5.82 Å². The molecule has 2 rings (SSSR count). The zero-order chi connectivity index (χ0) is 15.3. The summed E-state index contributed by atoms with van der Waals surface area (Å²) in [6.45, 7) is 4.92. The van der Waals surface area contributed by atoms with Crippen molar-refractivity contribution in [2.24, 2.45) is 0 Å². The lowest BCUT2D eigenvalue weighted by Gasteiger charge is -2.41. The fraction of sp³-hybridized carbons (Fsp3) is 0.706. The molecule has 0 saturated heterocycles. The highest BCUT2D eigenvalue weighted by molar-refractivity contribution is 5.47. The Labute approximate surface area is 128 Å². The molecule has 1 heterocycles. The summed E-state index contributed by atoms with van der Waals surface area (Å²) in [4.78, 5) is 4.30. The first-order chi connectivity index (χ1) is 10.1. The molecule has 0 bridgehead atoms. The third kappa shape index (κ3) is 3.38. The summed E-state index contributed by atoms with van der Waals surface area (Å²) in [7, 11) is 2.00. The molecule has 1 aromatic rings. The van der Waals surface area contributed by atoms with Crippen LogP contribution in [0, 0.1) is 6.92 Å². The molecule has 4 nitrogen and oxygen atoms in total. The van der Waals surface area contributed by atoms with Crippen molar-refractivity contribution in [3.8, 4) is 0 Å². The van der Waals surface area contributed by atoms with Gasteiger partial charge in [0, 0.05) is 18.4 Å². The fourth-order valence-electron chi connectivity index (χ4n) is 3.77. The number of likely N-dealkylation sites (N-methyl/N-ethyl adjacent to an activating group) is 1. The molecule has 118 valence electrons. The molecule has 1 atom stereocenters. The van der Waals surface area contributed by atoms with Crippen molar-refractivity contribution in [3.63, 3.8) is 0 Å². The predicted molar refractivity (Wildman–Crippen MR) is 87.2 cm³/mol. The molecule has 1 aliphatic carbocycles. The van der Waals surface area contributed by atoms with E-state index in [0.29, 0.717) is 5.82 Å². The molecule has 3 N–H and O–H groups in total. The molecule has 1 fully saturated rings. The molecule has 1 saturated carbocycles. The maximum Gasteiger partial charge on any atom is 0.128 e. The molecule has 0 spiro atoms. The van der Waals surface area contributed by atoms with Crippen LogP contribution < -0.4 is 11.1 Å². The molecule has 0 aliphatic heterocycles. The van der Waals surface area contributed by atoms with E-state index in [2.05, 4.69) is 24.1 Å². The summed E-state index contributed by atoms with van der Waals surface area (Å²) in [5.74, 6) is 0.623. The molecule has 1 aliphatic rings. The van der Waals surface area contributed by atoms with Gasteiger partial charge in [-0.3, -0.25) is 0 Å². The van der Waals surface area contributed by atoms with Gasteiger partial charge in [-0.2, -0.15) is 0 Å². The van der Waals surface area contributed by atoms with E-state index in [1.165, 1.54) is 31.2 Å². The summed E-state index contributed by atoms with van der Waals surface area (Å²) < 4.78 is 6.32.